The first-order chi connectivity index (χ1) is 16.2. The van der Waals surface area contributed by atoms with E-state index >= 15 is 0 Å². The second-order valence-corrected chi connectivity index (χ2v) is 8.76. The van der Waals surface area contributed by atoms with Crippen LogP contribution in [-0.2, 0) is 10.9 Å². The molecule has 0 radical (unpaired) electrons. The Morgan fingerprint density at radius 3 is 2.76 bits per heavy atom. The van der Waals surface area contributed by atoms with E-state index in [1.165, 1.54) is 13.3 Å². The van der Waals surface area contributed by atoms with Gasteiger partial charge in [-0.1, -0.05) is 13.0 Å². The summed E-state index contributed by atoms with van der Waals surface area (Å²) in [6.45, 7) is 2.82. The minimum atomic E-state index is -4.64. The molecule has 4 rings (SSSR count). The summed E-state index contributed by atoms with van der Waals surface area (Å²) >= 11 is 3.40. The standard InChI is InChI=1S/C22H24BrF3N6O2/c1-3-27-14-5-4-6-15(14)30-20-29-10-13(22(24,25)26)18(32-20)12-9-28-19-11(12)7-8-16(17(19)23)31-21(33)34-2/h7-10,14-15,27-28H,3-6H2,1-2H3,(H,31,33)(H,29,30,32)/t14-,15-/m0/s1. The number of rotatable bonds is 6. The quantitative estimate of drug-likeness (QED) is 0.328. The Bertz CT molecular complexity index is 1200. The summed E-state index contributed by atoms with van der Waals surface area (Å²) in [7, 11) is 1.24. The van der Waals surface area contributed by atoms with Crippen molar-refractivity contribution < 1.29 is 22.7 Å². The molecule has 0 saturated heterocycles. The number of fused-ring (bicyclic) bond motifs is 1. The van der Waals surface area contributed by atoms with Crippen LogP contribution in [0.25, 0.3) is 22.2 Å². The number of nitrogens with zero attached hydrogens (tertiary/aromatic N) is 2. The Morgan fingerprint density at radius 1 is 1.29 bits per heavy atom. The number of alkyl halides is 3. The molecule has 12 heteroatoms. The molecular formula is C22H24BrF3N6O2. The normalized spacial score (nSPS) is 18.3. The number of halogens is 4. The Balaban J connectivity index is 1.75. The van der Waals surface area contributed by atoms with Gasteiger partial charge < -0.3 is 20.4 Å². The van der Waals surface area contributed by atoms with Gasteiger partial charge in [0.2, 0.25) is 5.95 Å². The highest BCUT2D eigenvalue weighted by molar-refractivity contribution is 9.10. The summed E-state index contributed by atoms with van der Waals surface area (Å²) in [5, 5.41) is 9.67. The Morgan fingerprint density at radius 2 is 2.06 bits per heavy atom. The summed E-state index contributed by atoms with van der Waals surface area (Å²) in [5.41, 5.74) is 0.0294. The second-order valence-electron chi connectivity index (χ2n) is 7.97. The maximum absolute atomic E-state index is 13.9. The third kappa shape index (κ3) is 4.83. The third-order valence-electron chi connectivity index (χ3n) is 5.86. The first kappa shape index (κ1) is 24.3. The minimum Gasteiger partial charge on any atom is -0.453 e. The third-order valence-corrected chi connectivity index (χ3v) is 6.68. The molecule has 1 aliphatic carbocycles. The number of hydrogen-bond acceptors (Lipinski definition) is 6. The Labute approximate surface area is 202 Å². The lowest BCUT2D eigenvalue weighted by Crippen LogP contribution is -2.40. The number of ether oxygens (including phenoxy) is 1. The summed E-state index contributed by atoms with van der Waals surface area (Å²) in [4.78, 5) is 22.8. The number of hydrogen-bond donors (Lipinski definition) is 4. The van der Waals surface area contributed by atoms with Crippen molar-refractivity contribution in [2.75, 3.05) is 24.3 Å². The molecule has 2 atom stereocenters. The average Bonchev–Trinajstić information content (AvgIpc) is 3.42. The van der Waals surface area contributed by atoms with Crippen molar-refractivity contribution in [1.29, 1.82) is 0 Å². The van der Waals surface area contributed by atoms with E-state index in [-0.39, 0.29) is 29.3 Å². The maximum atomic E-state index is 13.9. The highest BCUT2D eigenvalue weighted by atomic mass is 79.9. The van der Waals surface area contributed by atoms with Gasteiger partial charge in [0.15, 0.2) is 0 Å². The molecule has 2 heterocycles. The summed E-state index contributed by atoms with van der Waals surface area (Å²) in [6, 6.07) is 3.44. The van der Waals surface area contributed by atoms with Gasteiger partial charge in [0.05, 0.1) is 28.5 Å². The van der Waals surface area contributed by atoms with E-state index in [1.54, 1.807) is 12.1 Å². The lowest BCUT2D eigenvalue weighted by Gasteiger charge is -2.22. The molecule has 0 bridgehead atoms. The van der Waals surface area contributed by atoms with Crippen molar-refractivity contribution >= 4 is 44.6 Å². The van der Waals surface area contributed by atoms with Crippen molar-refractivity contribution in [3.63, 3.8) is 0 Å². The van der Waals surface area contributed by atoms with Crippen LogP contribution in [-0.4, -0.2) is 46.8 Å². The second kappa shape index (κ2) is 9.79. The van der Waals surface area contributed by atoms with Crippen LogP contribution in [0.15, 0.2) is 29.0 Å². The number of aromatic nitrogens is 3. The van der Waals surface area contributed by atoms with E-state index in [4.69, 9.17) is 0 Å². The van der Waals surface area contributed by atoms with Gasteiger partial charge in [0.25, 0.3) is 0 Å². The predicted octanol–water partition coefficient (Wildman–Crippen LogP) is 5.53. The smallest absolute Gasteiger partial charge is 0.419 e. The maximum Gasteiger partial charge on any atom is 0.419 e. The number of carbonyl (C=O) groups excluding carboxylic acids is 1. The predicted molar refractivity (Wildman–Crippen MR) is 127 cm³/mol. The van der Waals surface area contributed by atoms with Crippen LogP contribution in [0.2, 0.25) is 0 Å². The highest BCUT2D eigenvalue weighted by Gasteiger charge is 2.36. The van der Waals surface area contributed by atoms with Crippen LogP contribution in [0.4, 0.5) is 29.6 Å². The van der Waals surface area contributed by atoms with Crippen molar-refractivity contribution in [2.24, 2.45) is 0 Å². The Hall–Kier alpha value is -2.86. The van der Waals surface area contributed by atoms with E-state index in [1.807, 2.05) is 6.92 Å². The Kier molecular flexibility index (Phi) is 6.99. The van der Waals surface area contributed by atoms with Gasteiger partial charge in [-0.15, -0.1) is 0 Å². The zero-order chi connectivity index (χ0) is 24.5. The molecule has 3 aromatic rings. The van der Waals surface area contributed by atoms with Crippen molar-refractivity contribution in [2.45, 2.75) is 44.4 Å². The molecule has 4 N–H and O–H groups in total. The summed E-state index contributed by atoms with van der Waals surface area (Å²) in [5.74, 6) is 0.148. The molecular weight excluding hydrogens is 517 g/mol. The molecule has 34 heavy (non-hydrogen) atoms. The van der Waals surface area contributed by atoms with Crippen LogP contribution in [0.5, 0.6) is 0 Å². The first-order valence-corrected chi connectivity index (χ1v) is 11.6. The van der Waals surface area contributed by atoms with Gasteiger partial charge in [0.1, 0.15) is 5.56 Å². The molecule has 1 fully saturated rings. The summed E-state index contributed by atoms with van der Waals surface area (Å²) < 4.78 is 46.7. The van der Waals surface area contributed by atoms with Crippen LogP contribution in [0.1, 0.15) is 31.7 Å². The molecule has 182 valence electrons. The number of likely N-dealkylation sites (N-methyl/N-ethyl adjacent to an activating group) is 1. The molecule has 8 nitrogen and oxygen atoms in total. The number of methoxy groups -OCH3 is 1. The van der Waals surface area contributed by atoms with Crippen LogP contribution in [0.3, 0.4) is 0 Å². The average molecular weight is 541 g/mol. The molecule has 2 aromatic heterocycles. The van der Waals surface area contributed by atoms with Crippen LogP contribution >= 0.6 is 15.9 Å². The number of nitrogens with one attached hydrogen (secondary N) is 4. The lowest BCUT2D eigenvalue weighted by molar-refractivity contribution is -0.137. The number of amides is 1. The monoisotopic (exact) mass is 540 g/mol. The molecule has 0 aliphatic heterocycles. The van der Waals surface area contributed by atoms with Crippen LogP contribution < -0.4 is 16.0 Å². The number of aromatic amines is 1. The molecule has 0 unspecified atom stereocenters. The number of benzene rings is 1. The van der Waals surface area contributed by atoms with E-state index in [9.17, 15) is 18.0 Å². The van der Waals surface area contributed by atoms with Gasteiger partial charge in [-0.3, -0.25) is 5.32 Å². The minimum absolute atomic E-state index is 0.0357. The zero-order valence-electron chi connectivity index (χ0n) is 18.5. The topological polar surface area (TPSA) is 104 Å². The number of anilines is 2. The number of H-pyrrole nitrogens is 1. The van der Waals surface area contributed by atoms with Crippen molar-refractivity contribution in [1.82, 2.24) is 20.3 Å². The van der Waals surface area contributed by atoms with Crippen molar-refractivity contribution in [3.05, 3.63) is 34.6 Å². The van der Waals surface area contributed by atoms with E-state index in [2.05, 4.69) is 51.6 Å². The van der Waals surface area contributed by atoms with E-state index in [0.717, 1.165) is 32.0 Å². The molecule has 1 aromatic carbocycles. The van der Waals surface area contributed by atoms with Gasteiger partial charge >= 0.3 is 12.3 Å². The zero-order valence-corrected chi connectivity index (χ0v) is 20.1. The first-order valence-electron chi connectivity index (χ1n) is 10.8. The van der Waals surface area contributed by atoms with Gasteiger partial charge in [0, 0.05) is 35.4 Å². The SMILES string of the molecule is CCN[C@H]1CCC[C@@H]1Nc1ncc(C(F)(F)F)c(-c2c[nH]c3c(Br)c(NC(=O)OC)ccc23)n1. The van der Waals surface area contributed by atoms with Gasteiger partial charge in [-0.25, -0.2) is 14.8 Å². The fourth-order valence-electron chi connectivity index (χ4n) is 4.29. The summed E-state index contributed by atoms with van der Waals surface area (Å²) in [6.07, 6.45) is -0.133. The fourth-order valence-corrected chi connectivity index (χ4v) is 4.85. The molecule has 0 spiro atoms. The van der Waals surface area contributed by atoms with Gasteiger partial charge in [-0.05, 0) is 47.8 Å². The largest absolute Gasteiger partial charge is 0.453 e. The van der Waals surface area contributed by atoms with E-state index in [0.29, 0.717) is 21.1 Å². The van der Waals surface area contributed by atoms with Crippen molar-refractivity contribution in [3.8, 4) is 11.3 Å². The molecule has 1 saturated carbocycles. The number of carbonyl (C=O) groups is 1. The van der Waals surface area contributed by atoms with Gasteiger partial charge in [-0.2, -0.15) is 13.2 Å². The highest BCUT2D eigenvalue weighted by Crippen LogP contribution is 2.41. The lowest BCUT2D eigenvalue weighted by atomic mass is 10.1. The van der Waals surface area contributed by atoms with Crippen LogP contribution in [0, 0.1) is 0 Å². The molecule has 1 aliphatic rings. The molecule has 1 amide bonds. The van der Waals surface area contributed by atoms with E-state index < -0.39 is 17.8 Å². The fraction of sp³-hybridized carbons (Fsp3) is 0.409.